The SMILES string of the molecule is O=Cc1ccc(Cl)cc1.O=Cc1cccc([N+](=O)[O-])c1. The fraction of sp³-hybridized carbons (Fsp3) is 0. The minimum Gasteiger partial charge on any atom is -0.298 e. The molecule has 6 heteroatoms. The van der Waals surface area contributed by atoms with Crippen LogP contribution < -0.4 is 0 Å². The van der Waals surface area contributed by atoms with Gasteiger partial charge >= 0.3 is 0 Å². The van der Waals surface area contributed by atoms with Crippen molar-refractivity contribution in [1.82, 2.24) is 0 Å². The fourth-order valence-corrected chi connectivity index (χ4v) is 1.38. The van der Waals surface area contributed by atoms with Crippen molar-refractivity contribution in [2.75, 3.05) is 0 Å². The van der Waals surface area contributed by atoms with Crippen LogP contribution in [0.1, 0.15) is 20.7 Å². The van der Waals surface area contributed by atoms with Crippen molar-refractivity contribution in [1.29, 1.82) is 0 Å². The maximum Gasteiger partial charge on any atom is 0.270 e. The van der Waals surface area contributed by atoms with Crippen molar-refractivity contribution in [2.45, 2.75) is 0 Å². The molecule has 0 N–H and O–H groups in total. The Labute approximate surface area is 120 Å². The normalized spacial score (nSPS) is 9.05. The molecule has 0 aliphatic carbocycles. The van der Waals surface area contributed by atoms with Crippen LogP contribution in [0, 0.1) is 10.1 Å². The summed E-state index contributed by atoms with van der Waals surface area (Å²) in [4.78, 5) is 29.9. The molecule has 2 aromatic rings. The monoisotopic (exact) mass is 291 g/mol. The number of hydrogen-bond donors (Lipinski definition) is 0. The third kappa shape index (κ3) is 4.99. The number of halogens is 1. The number of nitrogens with zero attached hydrogens (tertiary/aromatic N) is 1. The molecular weight excluding hydrogens is 282 g/mol. The Balaban J connectivity index is 0.000000204. The van der Waals surface area contributed by atoms with E-state index in [0.717, 1.165) is 6.29 Å². The van der Waals surface area contributed by atoms with Crippen molar-refractivity contribution in [3.8, 4) is 0 Å². The molecule has 0 aliphatic heterocycles. The number of carbonyl (C=O) groups is 2. The van der Waals surface area contributed by atoms with Gasteiger partial charge in [0.05, 0.1) is 4.92 Å². The fourth-order valence-electron chi connectivity index (χ4n) is 1.25. The van der Waals surface area contributed by atoms with E-state index in [1.807, 2.05) is 0 Å². The number of nitro benzene ring substituents is 1. The Morgan fingerprint density at radius 2 is 1.55 bits per heavy atom. The predicted octanol–water partition coefficient (Wildman–Crippen LogP) is 3.56. The molecule has 20 heavy (non-hydrogen) atoms. The van der Waals surface area contributed by atoms with Gasteiger partial charge in [0.1, 0.15) is 12.6 Å². The first-order chi connectivity index (χ1) is 9.56. The largest absolute Gasteiger partial charge is 0.298 e. The van der Waals surface area contributed by atoms with Gasteiger partial charge in [-0.15, -0.1) is 0 Å². The van der Waals surface area contributed by atoms with E-state index < -0.39 is 4.92 Å². The minimum absolute atomic E-state index is 0.0606. The van der Waals surface area contributed by atoms with Crippen molar-refractivity contribution < 1.29 is 14.5 Å². The van der Waals surface area contributed by atoms with Crippen molar-refractivity contribution in [3.63, 3.8) is 0 Å². The highest BCUT2D eigenvalue weighted by Crippen LogP contribution is 2.11. The molecule has 5 nitrogen and oxygen atoms in total. The van der Waals surface area contributed by atoms with E-state index in [0.29, 0.717) is 22.4 Å². The Bertz CT molecular complexity index is 611. The number of rotatable bonds is 3. The predicted molar refractivity (Wildman–Crippen MR) is 75.3 cm³/mol. The van der Waals surface area contributed by atoms with Gasteiger partial charge in [0.2, 0.25) is 0 Å². The molecule has 0 unspecified atom stereocenters. The van der Waals surface area contributed by atoms with E-state index in [4.69, 9.17) is 11.6 Å². The molecule has 0 atom stereocenters. The molecule has 102 valence electrons. The van der Waals surface area contributed by atoms with Gasteiger partial charge in [-0.1, -0.05) is 35.9 Å². The molecular formula is C14H10ClNO4. The molecule has 2 rings (SSSR count). The Morgan fingerprint density at radius 3 is 2.05 bits per heavy atom. The second kappa shape index (κ2) is 7.81. The van der Waals surface area contributed by atoms with Gasteiger partial charge < -0.3 is 0 Å². The molecule has 0 amide bonds. The summed E-state index contributed by atoms with van der Waals surface area (Å²) in [5.41, 5.74) is 0.910. The molecule has 0 fully saturated rings. The van der Waals surface area contributed by atoms with Crippen LogP contribution in [0.4, 0.5) is 5.69 Å². The molecule has 0 aromatic heterocycles. The van der Waals surface area contributed by atoms with Crippen LogP contribution in [-0.2, 0) is 0 Å². The van der Waals surface area contributed by atoms with E-state index in [1.54, 1.807) is 24.3 Å². The summed E-state index contributed by atoms with van der Waals surface area (Å²) in [6.45, 7) is 0. The van der Waals surface area contributed by atoms with Crippen LogP contribution in [-0.4, -0.2) is 17.5 Å². The summed E-state index contributed by atoms with van der Waals surface area (Å²) in [7, 11) is 0. The lowest BCUT2D eigenvalue weighted by molar-refractivity contribution is -0.384. The van der Waals surface area contributed by atoms with Gasteiger partial charge in [-0.2, -0.15) is 0 Å². The van der Waals surface area contributed by atoms with Crippen LogP contribution in [0.15, 0.2) is 48.5 Å². The maximum absolute atomic E-state index is 10.2. The van der Waals surface area contributed by atoms with Gasteiger partial charge in [-0.05, 0) is 12.1 Å². The number of nitro groups is 1. The molecule has 2 aromatic carbocycles. The first-order valence-electron chi connectivity index (χ1n) is 5.47. The summed E-state index contributed by atoms with van der Waals surface area (Å²) in [5, 5.41) is 10.8. The number of carbonyl (C=O) groups excluding carboxylic acids is 2. The van der Waals surface area contributed by atoms with E-state index in [1.165, 1.54) is 24.3 Å². The van der Waals surface area contributed by atoms with E-state index in [-0.39, 0.29) is 5.69 Å². The zero-order valence-corrected chi connectivity index (χ0v) is 11.0. The van der Waals surface area contributed by atoms with Gasteiger partial charge in [-0.3, -0.25) is 19.7 Å². The summed E-state index contributed by atoms with van der Waals surface area (Å²) < 4.78 is 0. The molecule has 0 saturated carbocycles. The van der Waals surface area contributed by atoms with Gasteiger partial charge in [-0.25, -0.2) is 0 Å². The van der Waals surface area contributed by atoms with Gasteiger partial charge in [0.25, 0.3) is 5.69 Å². The zero-order valence-electron chi connectivity index (χ0n) is 10.2. The highest BCUT2D eigenvalue weighted by atomic mass is 35.5. The molecule has 0 radical (unpaired) electrons. The quantitative estimate of drug-likeness (QED) is 0.492. The van der Waals surface area contributed by atoms with Crippen LogP contribution in [0.25, 0.3) is 0 Å². The first-order valence-corrected chi connectivity index (χ1v) is 5.85. The standard InChI is InChI=1S/C7H5ClO.C7H5NO3/c8-7-3-1-6(5-9)2-4-7;9-5-6-2-1-3-7(4-6)8(10)11/h1-5H;1-5H. The van der Waals surface area contributed by atoms with Crippen LogP contribution in [0.3, 0.4) is 0 Å². The Morgan fingerprint density at radius 1 is 0.950 bits per heavy atom. The lowest BCUT2D eigenvalue weighted by atomic mass is 10.2. The number of aldehydes is 2. The van der Waals surface area contributed by atoms with Crippen LogP contribution in [0.5, 0.6) is 0 Å². The van der Waals surface area contributed by atoms with Crippen LogP contribution in [0.2, 0.25) is 5.02 Å². The molecule has 0 bridgehead atoms. The number of hydrogen-bond acceptors (Lipinski definition) is 4. The van der Waals surface area contributed by atoms with E-state index in [9.17, 15) is 19.7 Å². The first kappa shape index (κ1) is 15.5. The van der Waals surface area contributed by atoms with Gasteiger partial charge in [0.15, 0.2) is 0 Å². The summed E-state index contributed by atoms with van der Waals surface area (Å²) >= 11 is 5.55. The smallest absolute Gasteiger partial charge is 0.270 e. The maximum atomic E-state index is 10.2. The lowest BCUT2D eigenvalue weighted by Crippen LogP contribution is -1.88. The molecule has 0 heterocycles. The van der Waals surface area contributed by atoms with E-state index >= 15 is 0 Å². The molecule has 0 saturated heterocycles. The zero-order chi connectivity index (χ0) is 15.0. The third-order valence-electron chi connectivity index (χ3n) is 2.22. The third-order valence-corrected chi connectivity index (χ3v) is 2.48. The number of non-ortho nitro benzene ring substituents is 1. The topological polar surface area (TPSA) is 77.3 Å². The summed E-state index contributed by atoms with van der Waals surface area (Å²) in [6.07, 6.45) is 1.36. The highest BCUT2D eigenvalue weighted by Gasteiger charge is 2.03. The van der Waals surface area contributed by atoms with Crippen molar-refractivity contribution in [2.24, 2.45) is 0 Å². The Kier molecular flexibility index (Phi) is 6.06. The van der Waals surface area contributed by atoms with E-state index in [2.05, 4.69) is 0 Å². The summed E-state index contributed by atoms with van der Waals surface area (Å²) in [5.74, 6) is 0. The lowest BCUT2D eigenvalue weighted by Gasteiger charge is -1.90. The number of benzene rings is 2. The minimum atomic E-state index is -0.535. The second-order valence-electron chi connectivity index (χ2n) is 3.64. The van der Waals surface area contributed by atoms with Crippen molar-refractivity contribution >= 4 is 29.9 Å². The average molecular weight is 292 g/mol. The highest BCUT2D eigenvalue weighted by molar-refractivity contribution is 6.30. The Hall–Kier alpha value is -2.53. The van der Waals surface area contributed by atoms with Crippen LogP contribution >= 0.6 is 11.6 Å². The van der Waals surface area contributed by atoms with Crippen molar-refractivity contribution in [3.05, 3.63) is 74.8 Å². The average Bonchev–Trinajstić information content (AvgIpc) is 2.49. The molecule has 0 aliphatic rings. The van der Waals surface area contributed by atoms with Gasteiger partial charge in [0, 0.05) is 28.3 Å². The molecule has 0 spiro atoms. The summed E-state index contributed by atoms with van der Waals surface area (Å²) in [6, 6.07) is 12.3. The second-order valence-corrected chi connectivity index (χ2v) is 4.08.